The highest BCUT2D eigenvalue weighted by Gasteiger charge is 2.32. The summed E-state index contributed by atoms with van der Waals surface area (Å²) in [5, 5.41) is 12.1. The lowest BCUT2D eigenvalue weighted by Gasteiger charge is -2.15. The molecule has 0 amide bonds. The molecular formula is C14H8ClF3N2O. The van der Waals surface area contributed by atoms with E-state index >= 15 is 0 Å². The van der Waals surface area contributed by atoms with Gasteiger partial charge in [-0.05, 0) is 30.3 Å². The van der Waals surface area contributed by atoms with Crippen LogP contribution in [0, 0.1) is 11.3 Å². The van der Waals surface area contributed by atoms with Gasteiger partial charge in [-0.15, -0.1) is 13.2 Å². The van der Waals surface area contributed by atoms with Crippen LogP contribution in [0.5, 0.6) is 5.75 Å². The molecule has 0 atom stereocenters. The number of rotatable bonds is 3. The molecule has 0 aliphatic rings. The maximum absolute atomic E-state index is 12.3. The maximum atomic E-state index is 12.3. The fourth-order valence-corrected chi connectivity index (χ4v) is 1.82. The van der Waals surface area contributed by atoms with Crippen molar-refractivity contribution in [2.45, 2.75) is 6.36 Å². The zero-order chi connectivity index (χ0) is 15.5. The van der Waals surface area contributed by atoms with E-state index in [0.29, 0.717) is 10.7 Å². The monoisotopic (exact) mass is 312 g/mol. The van der Waals surface area contributed by atoms with E-state index in [2.05, 4.69) is 10.1 Å². The Kier molecular flexibility index (Phi) is 4.24. The molecule has 0 aliphatic heterocycles. The van der Waals surface area contributed by atoms with E-state index in [-0.39, 0.29) is 11.3 Å². The molecule has 0 heterocycles. The summed E-state index contributed by atoms with van der Waals surface area (Å²) in [6.07, 6.45) is -4.80. The first kappa shape index (κ1) is 15.0. The van der Waals surface area contributed by atoms with E-state index in [1.165, 1.54) is 36.4 Å². The minimum Gasteiger partial charge on any atom is -0.404 e. The minimum atomic E-state index is -4.80. The summed E-state index contributed by atoms with van der Waals surface area (Å²) in [6, 6.07) is 11.9. The molecule has 2 aromatic rings. The van der Waals surface area contributed by atoms with Crippen molar-refractivity contribution in [3.63, 3.8) is 0 Å². The Hall–Kier alpha value is -2.39. The van der Waals surface area contributed by atoms with Gasteiger partial charge in [0.25, 0.3) is 0 Å². The Morgan fingerprint density at radius 2 is 1.81 bits per heavy atom. The van der Waals surface area contributed by atoms with Gasteiger partial charge in [0.15, 0.2) is 5.75 Å². The van der Waals surface area contributed by atoms with Gasteiger partial charge >= 0.3 is 6.36 Å². The first-order valence-electron chi connectivity index (χ1n) is 5.70. The molecular weight excluding hydrogens is 305 g/mol. The van der Waals surface area contributed by atoms with E-state index in [1.807, 2.05) is 6.07 Å². The molecule has 0 fully saturated rings. The van der Waals surface area contributed by atoms with Gasteiger partial charge in [-0.1, -0.05) is 23.7 Å². The molecule has 3 nitrogen and oxygen atoms in total. The Morgan fingerprint density at radius 3 is 2.48 bits per heavy atom. The van der Waals surface area contributed by atoms with Gasteiger partial charge in [-0.25, -0.2) is 0 Å². The van der Waals surface area contributed by atoms with Crippen LogP contribution >= 0.6 is 11.6 Å². The molecule has 0 saturated carbocycles. The largest absolute Gasteiger partial charge is 0.573 e. The van der Waals surface area contributed by atoms with Crippen molar-refractivity contribution in [2.75, 3.05) is 5.32 Å². The van der Waals surface area contributed by atoms with Crippen LogP contribution in [0.4, 0.5) is 24.5 Å². The maximum Gasteiger partial charge on any atom is 0.573 e. The number of benzene rings is 2. The molecule has 0 spiro atoms. The molecule has 0 unspecified atom stereocenters. The molecule has 108 valence electrons. The lowest BCUT2D eigenvalue weighted by atomic mass is 10.2. The van der Waals surface area contributed by atoms with Gasteiger partial charge in [-0.2, -0.15) is 5.26 Å². The Bertz CT molecular complexity index is 695. The predicted octanol–water partition coefficient (Wildman–Crippen LogP) is 4.85. The average Bonchev–Trinajstić information content (AvgIpc) is 2.40. The second-order valence-corrected chi connectivity index (χ2v) is 4.41. The third kappa shape index (κ3) is 4.04. The zero-order valence-corrected chi connectivity index (χ0v) is 11.2. The van der Waals surface area contributed by atoms with Crippen molar-refractivity contribution in [3.05, 3.63) is 53.1 Å². The summed E-state index contributed by atoms with van der Waals surface area (Å²) in [6.45, 7) is 0. The Morgan fingerprint density at radius 1 is 1.10 bits per heavy atom. The number of anilines is 2. The summed E-state index contributed by atoms with van der Waals surface area (Å²) >= 11 is 5.83. The molecule has 2 rings (SSSR count). The number of hydrogen-bond donors (Lipinski definition) is 1. The zero-order valence-electron chi connectivity index (χ0n) is 10.4. The Balaban J connectivity index is 2.37. The Labute approximate surface area is 123 Å². The number of para-hydroxylation sites is 2. The topological polar surface area (TPSA) is 45.0 Å². The number of nitrogens with zero attached hydrogens (tertiary/aromatic N) is 1. The van der Waals surface area contributed by atoms with Crippen molar-refractivity contribution >= 4 is 23.0 Å². The summed E-state index contributed by atoms with van der Waals surface area (Å²) in [7, 11) is 0. The van der Waals surface area contributed by atoms with Crippen LogP contribution in [0.3, 0.4) is 0 Å². The lowest BCUT2D eigenvalue weighted by Crippen LogP contribution is -2.17. The summed E-state index contributed by atoms with van der Waals surface area (Å²) in [5.41, 5.74) is 0.623. The van der Waals surface area contributed by atoms with Crippen LogP contribution in [0.1, 0.15) is 5.56 Å². The fourth-order valence-electron chi connectivity index (χ4n) is 1.65. The summed E-state index contributed by atoms with van der Waals surface area (Å²) < 4.78 is 41.0. The number of ether oxygens (including phenoxy) is 1. The number of alkyl halides is 3. The van der Waals surface area contributed by atoms with E-state index < -0.39 is 12.1 Å². The van der Waals surface area contributed by atoms with Crippen molar-refractivity contribution in [3.8, 4) is 11.8 Å². The van der Waals surface area contributed by atoms with Crippen molar-refractivity contribution in [1.29, 1.82) is 5.26 Å². The molecule has 7 heteroatoms. The molecule has 0 radical (unpaired) electrons. The SMILES string of the molecule is N#Cc1ccc(Cl)cc1Nc1ccccc1OC(F)(F)F. The van der Waals surface area contributed by atoms with Crippen molar-refractivity contribution in [1.82, 2.24) is 0 Å². The molecule has 0 aliphatic carbocycles. The first-order chi connectivity index (χ1) is 9.89. The fraction of sp³-hybridized carbons (Fsp3) is 0.0714. The first-order valence-corrected chi connectivity index (χ1v) is 6.08. The quantitative estimate of drug-likeness (QED) is 0.880. The predicted molar refractivity (Wildman–Crippen MR) is 72.6 cm³/mol. The van der Waals surface area contributed by atoms with E-state index in [1.54, 1.807) is 6.07 Å². The standard InChI is InChI=1S/C14H8ClF3N2O/c15-10-6-5-9(8-19)12(7-10)20-11-3-1-2-4-13(11)21-14(16,17)18/h1-7,20H. The van der Waals surface area contributed by atoms with E-state index in [4.69, 9.17) is 16.9 Å². The minimum absolute atomic E-state index is 0.0774. The normalized spacial score (nSPS) is 10.8. The summed E-state index contributed by atoms with van der Waals surface area (Å²) in [5.74, 6) is -0.395. The molecule has 2 aromatic carbocycles. The highest BCUT2D eigenvalue weighted by atomic mass is 35.5. The summed E-state index contributed by atoms with van der Waals surface area (Å²) in [4.78, 5) is 0. The van der Waals surface area contributed by atoms with Gasteiger partial charge in [0.1, 0.15) is 6.07 Å². The van der Waals surface area contributed by atoms with Crippen LogP contribution in [-0.2, 0) is 0 Å². The van der Waals surface area contributed by atoms with Crippen molar-refractivity contribution in [2.24, 2.45) is 0 Å². The van der Waals surface area contributed by atoms with Crippen LogP contribution in [-0.4, -0.2) is 6.36 Å². The number of hydrogen-bond acceptors (Lipinski definition) is 3. The number of halogens is 4. The van der Waals surface area contributed by atoms with Gasteiger partial charge in [0, 0.05) is 5.02 Å². The van der Waals surface area contributed by atoms with Gasteiger partial charge in [0.2, 0.25) is 0 Å². The highest BCUT2D eigenvalue weighted by molar-refractivity contribution is 6.30. The number of nitrogens with one attached hydrogen (secondary N) is 1. The highest BCUT2D eigenvalue weighted by Crippen LogP contribution is 2.33. The van der Waals surface area contributed by atoms with Crippen LogP contribution in [0.25, 0.3) is 0 Å². The van der Waals surface area contributed by atoms with Crippen molar-refractivity contribution < 1.29 is 17.9 Å². The van der Waals surface area contributed by atoms with Crippen LogP contribution in [0.15, 0.2) is 42.5 Å². The van der Waals surface area contributed by atoms with Gasteiger partial charge < -0.3 is 10.1 Å². The number of nitriles is 1. The van der Waals surface area contributed by atoms with Gasteiger partial charge in [0.05, 0.1) is 16.9 Å². The third-order valence-electron chi connectivity index (χ3n) is 2.48. The average molecular weight is 313 g/mol. The van der Waals surface area contributed by atoms with Crippen LogP contribution in [0.2, 0.25) is 5.02 Å². The van der Waals surface area contributed by atoms with E-state index in [9.17, 15) is 13.2 Å². The molecule has 0 saturated heterocycles. The molecule has 21 heavy (non-hydrogen) atoms. The third-order valence-corrected chi connectivity index (χ3v) is 2.72. The second-order valence-electron chi connectivity index (χ2n) is 3.97. The lowest BCUT2D eigenvalue weighted by molar-refractivity contribution is -0.274. The van der Waals surface area contributed by atoms with E-state index in [0.717, 1.165) is 0 Å². The second kappa shape index (κ2) is 5.94. The molecule has 1 N–H and O–H groups in total. The van der Waals surface area contributed by atoms with Gasteiger partial charge in [-0.3, -0.25) is 0 Å². The molecule has 0 aromatic heterocycles. The smallest absolute Gasteiger partial charge is 0.404 e. The van der Waals surface area contributed by atoms with Crippen LogP contribution < -0.4 is 10.1 Å². The molecule has 0 bridgehead atoms.